The van der Waals surface area contributed by atoms with Gasteiger partial charge in [0, 0.05) is 0 Å². The Morgan fingerprint density at radius 3 is 2.94 bits per heavy atom. The van der Waals surface area contributed by atoms with Crippen LogP contribution in [0.5, 0.6) is 0 Å². The summed E-state index contributed by atoms with van der Waals surface area (Å²) in [5, 5.41) is 0. The van der Waals surface area contributed by atoms with Crippen molar-refractivity contribution in [3.8, 4) is 0 Å². The van der Waals surface area contributed by atoms with Crippen LogP contribution in [-0.4, -0.2) is 12.1 Å². The van der Waals surface area contributed by atoms with Crippen LogP contribution in [0.25, 0.3) is 6.08 Å². The van der Waals surface area contributed by atoms with Gasteiger partial charge < -0.3 is 4.74 Å². The average molecular weight is 216 g/mol. The Hall–Kier alpha value is -1.57. The van der Waals surface area contributed by atoms with Gasteiger partial charge in [-0.2, -0.15) is 0 Å². The first kappa shape index (κ1) is 10.9. The van der Waals surface area contributed by atoms with Crippen molar-refractivity contribution in [1.29, 1.82) is 0 Å². The van der Waals surface area contributed by atoms with Crippen molar-refractivity contribution in [2.24, 2.45) is 0 Å². The van der Waals surface area contributed by atoms with Gasteiger partial charge in [-0.1, -0.05) is 24.3 Å². The summed E-state index contributed by atoms with van der Waals surface area (Å²) in [6.45, 7) is 3.73. The fourth-order valence-electron chi connectivity index (χ4n) is 1.92. The Morgan fingerprint density at radius 1 is 1.38 bits per heavy atom. The highest BCUT2D eigenvalue weighted by molar-refractivity contribution is 5.94. The molecule has 2 rings (SSSR count). The molecule has 16 heavy (non-hydrogen) atoms. The van der Waals surface area contributed by atoms with Crippen molar-refractivity contribution in [1.82, 2.24) is 0 Å². The Morgan fingerprint density at radius 2 is 2.19 bits per heavy atom. The van der Waals surface area contributed by atoms with Gasteiger partial charge in [-0.05, 0) is 43.9 Å². The van der Waals surface area contributed by atoms with E-state index in [4.69, 9.17) is 4.74 Å². The summed E-state index contributed by atoms with van der Waals surface area (Å²) in [7, 11) is 0. The summed E-state index contributed by atoms with van der Waals surface area (Å²) in [4.78, 5) is 11.9. The molecule has 84 valence electrons. The lowest BCUT2D eigenvalue weighted by Gasteiger charge is -2.15. The molecular weight excluding hydrogens is 200 g/mol. The number of carbonyl (C=O) groups excluding carboxylic acids is 1. The molecule has 2 heteroatoms. The van der Waals surface area contributed by atoms with Crippen molar-refractivity contribution >= 4 is 12.0 Å². The third kappa shape index (κ3) is 2.16. The number of rotatable bonds is 2. The fraction of sp³-hybridized carbons (Fsp3) is 0.357. The molecule has 0 heterocycles. The van der Waals surface area contributed by atoms with E-state index < -0.39 is 0 Å². The topological polar surface area (TPSA) is 26.3 Å². The number of ether oxygens (including phenoxy) is 1. The molecule has 0 aliphatic heterocycles. The van der Waals surface area contributed by atoms with Crippen LogP contribution in [-0.2, 0) is 11.2 Å². The van der Waals surface area contributed by atoms with Crippen LogP contribution in [0.2, 0.25) is 0 Å². The molecule has 0 fully saturated rings. The first-order chi connectivity index (χ1) is 7.68. The second kappa shape index (κ2) is 4.52. The summed E-state index contributed by atoms with van der Waals surface area (Å²) < 4.78 is 5.23. The van der Waals surface area contributed by atoms with Gasteiger partial charge in [-0.15, -0.1) is 0 Å². The lowest BCUT2D eigenvalue weighted by Crippen LogP contribution is -2.14. The third-order valence-electron chi connectivity index (χ3n) is 2.62. The summed E-state index contributed by atoms with van der Waals surface area (Å²) >= 11 is 0. The molecule has 0 atom stereocenters. The monoisotopic (exact) mass is 216 g/mol. The van der Waals surface area contributed by atoms with Crippen LogP contribution >= 0.6 is 0 Å². The number of fused-ring (bicyclic) bond motifs is 1. The highest BCUT2D eigenvalue weighted by Gasteiger charge is 2.16. The van der Waals surface area contributed by atoms with E-state index in [9.17, 15) is 4.79 Å². The maximum atomic E-state index is 11.9. The largest absolute Gasteiger partial charge is 0.459 e. The average Bonchev–Trinajstić information content (AvgIpc) is 2.27. The highest BCUT2D eigenvalue weighted by Crippen LogP contribution is 2.23. The van der Waals surface area contributed by atoms with Crippen LogP contribution in [0.3, 0.4) is 0 Å². The minimum atomic E-state index is -0.224. The Labute approximate surface area is 95.9 Å². The van der Waals surface area contributed by atoms with Crippen molar-refractivity contribution in [3.05, 3.63) is 41.0 Å². The van der Waals surface area contributed by atoms with E-state index in [1.54, 1.807) is 0 Å². The molecule has 0 unspecified atom stereocenters. The second-order valence-electron chi connectivity index (χ2n) is 4.27. The van der Waals surface area contributed by atoms with Gasteiger partial charge in [0.05, 0.1) is 11.7 Å². The molecule has 1 aliphatic rings. The Bertz CT molecular complexity index is 430. The van der Waals surface area contributed by atoms with E-state index in [2.05, 4.69) is 12.1 Å². The molecule has 0 saturated heterocycles. The van der Waals surface area contributed by atoms with E-state index in [1.807, 2.05) is 32.1 Å². The van der Waals surface area contributed by atoms with Crippen molar-refractivity contribution in [2.75, 3.05) is 0 Å². The normalized spacial score (nSPS) is 13.7. The predicted molar refractivity (Wildman–Crippen MR) is 64.3 cm³/mol. The van der Waals surface area contributed by atoms with Crippen LogP contribution in [0.4, 0.5) is 0 Å². The molecule has 0 bridgehead atoms. The number of hydrogen-bond donors (Lipinski definition) is 0. The minimum Gasteiger partial charge on any atom is -0.459 e. The van der Waals surface area contributed by atoms with E-state index in [1.165, 1.54) is 5.56 Å². The van der Waals surface area contributed by atoms with Crippen LogP contribution in [0.1, 0.15) is 41.8 Å². The highest BCUT2D eigenvalue weighted by atomic mass is 16.5. The molecule has 1 aromatic rings. The van der Waals surface area contributed by atoms with E-state index in [-0.39, 0.29) is 12.1 Å². The van der Waals surface area contributed by atoms with Gasteiger partial charge in [0.1, 0.15) is 0 Å². The summed E-state index contributed by atoms with van der Waals surface area (Å²) in [5.41, 5.74) is 2.95. The molecule has 0 N–H and O–H groups in total. The van der Waals surface area contributed by atoms with Gasteiger partial charge in [0.15, 0.2) is 0 Å². The lowest BCUT2D eigenvalue weighted by atomic mass is 9.93. The first-order valence-corrected chi connectivity index (χ1v) is 5.68. The van der Waals surface area contributed by atoms with E-state index >= 15 is 0 Å². The van der Waals surface area contributed by atoms with Gasteiger partial charge in [-0.25, -0.2) is 4.79 Å². The zero-order chi connectivity index (χ0) is 11.5. The molecule has 1 aliphatic carbocycles. The predicted octanol–water partition coefficient (Wildman–Crippen LogP) is 3.21. The summed E-state index contributed by atoms with van der Waals surface area (Å²) in [6, 6.07) is 5.83. The SMILES string of the molecule is CC(C)OC(=O)c1cccc2c1C=CCC2. The fourth-order valence-corrected chi connectivity index (χ4v) is 1.92. The molecular formula is C14H16O2. The number of esters is 1. The smallest absolute Gasteiger partial charge is 0.338 e. The van der Waals surface area contributed by atoms with Gasteiger partial charge in [0.2, 0.25) is 0 Å². The van der Waals surface area contributed by atoms with Crippen LogP contribution in [0, 0.1) is 0 Å². The van der Waals surface area contributed by atoms with Gasteiger partial charge in [-0.3, -0.25) is 0 Å². The molecule has 2 nitrogen and oxygen atoms in total. The van der Waals surface area contributed by atoms with Gasteiger partial charge in [0.25, 0.3) is 0 Å². The zero-order valence-corrected chi connectivity index (χ0v) is 9.69. The molecule has 0 spiro atoms. The molecule has 0 amide bonds. The third-order valence-corrected chi connectivity index (χ3v) is 2.62. The number of benzene rings is 1. The van der Waals surface area contributed by atoms with Crippen molar-refractivity contribution in [3.63, 3.8) is 0 Å². The summed E-state index contributed by atoms with van der Waals surface area (Å²) in [6.07, 6.45) is 6.12. The van der Waals surface area contributed by atoms with Crippen molar-refractivity contribution < 1.29 is 9.53 Å². The van der Waals surface area contributed by atoms with E-state index in [0.29, 0.717) is 5.56 Å². The zero-order valence-electron chi connectivity index (χ0n) is 9.69. The maximum absolute atomic E-state index is 11.9. The number of carbonyl (C=O) groups is 1. The summed E-state index contributed by atoms with van der Waals surface area (Å²) in [5.74, 6) is -0.224. The molecule has 0 radical (unpaired) electrons. The van der Waals surface area contributed by atoms with Gasteiger partial charge >= 0.3 is 5.97 Å². The standard InChI is InChI=1S/C14H16O2/c1-10(2)16-14(15)13-9-5-7-11-6-3-4-8-12(11)13/h4-5,7-10H,3,6H2,1-2H3. The lowest BCUT2D eigenvalue weighted by molar-refractivity contribution is 0.0377. The first-order valence-electron chi connectivity index (χ1n) is 5.68. The van der Waals surface area contributed by atoms with E-state index in [0.717, 1.165) is 18.4 Å². The Balaban J connectivity index is 2.35. The number of hydrogen-bond acceptors (Lipinski definition) is 2. The molecule has 0 aromatic heterocycles. The number of allylic oxidation sites excluding steroid dienone is 1. The van der Waals surface area contributed by atoms with Crippen LogP contribution in [0.15, 0.2) is 24.3 Å². The van der Waals surface area contributed by atoms with Crippen LogP contribution < -0.4 is 0 Å². The Kier molecular flexibility index (Phi) is 3.09. The molecule has 0 saturated carbocycles. The molecule has 1 aromatic carbocycles. The second-order valence-corrected chi connectivity index (χ2v) is 4.27. The maximum Gasteiger partial charge on any atom is 0.338 e. The number of aryl methyl sites for hydroxylation is 1. The quantitative estimate of drug-likeness (QED) is 0.709. The van der Waals surface area contributed by atoms with Crippen molar-refractivity contribution in [2.45, 2.75) is 32.8 Å². The minimum absolute atomic E-state index is 0.0732.